The highest BCUT2D eigenvalue weighted by molar-refractivity contribution is 8.00. The molecule has 274 valence electrons. The molecule has 3 aromatic rings. The van der Waals surface area contributed by atoms with Crippen LogP contribution in [0.3, 0.4) is 0 Å². The summed E-state index contributed by atoms with van der Waals surface area (Å²) < 4.78 is 0.502. The number of amides is 2. The predicted molar refractivity (Wildman–Crippen MR) is 195 cm³/mol. The smallest absolute Gasteiger partial charge is 0.352 e. The van der Waals surface area contributed by atoms with E-state index < -0.39 is 46.5 Å². The van der Waals surface area contributed by atoms with E-state index in [9.17, 15) is 39.6 Å². The van der Waals surface area contributed by atoms with Crippen molar-refractivity contribution in [3.05, 3.63) is 86.5 Å². The molecule has 1 aromatic heterocycles. The molecule has 0 aliphatic carbocycles. The van der Waals surface area contributed by atoms with Gasteiger partial charge in [-0.3, -0.25) is 14.5 Å². The van der Waals surface area contributed by atoms with E-state index in [1.807, 2.05) is 38.4 Å². The fourth-order valence-corrected chi connectivity index (χ4v) is 7.53. The van der Waals surface area contributed by atoms with Crippen LogP contribution in [0.15, 0.2) is 64.3 Å². The summed E-state index contributed by atoms with van der Waals surface area (Å²) in [4.78, 5) is 60.8. The number of rotatable bonds is 13. The number of fused-ring (bicyclic) bond motifs is 1. The SMILES string of the molecule is CC(C)(O/N=C(\C(=O)N[C@@H]1C(=O)N2C(C(=O)O)=C(/C=C\c3ccc(C[N+](C)(C)Cc4ccc(O)c(O)c4Cl)cc3)CS[C@H]12)c1csc(N)n1)C(=O)O. The van der Waals surface area contributed by atoms with Gasteiger partial charge in [0.2, 0.25) is 5.60 Å². The minimum Gasteiger partial charge on any atom is -0.504 e. The second-order valence-electron chi connectivity index (χ2n) is 13.2. The summed E-state index contributed by atoms with van der Waals surface area (Å²) in [5.74, 6) is -4.56. The van der Waals surface area contributed by atoms with Crippen LogP contribution in [0.5, 0.6) is 11.5 Å². The van der Waals surface area contributed by atoms with E-state index in [4.69, 9.17) is 22.2 Å². The number of thiazole rings is 1. The predicted octanol–water partition coefficient (Wildman–Crippen LogP) is 3.60. The zero-order chi connectivity index (χ0) is 38.1. The number of aliphatic carboxylic acids is 2. The largest absolute Gasteiger partial charge is 0.504 e. The number of halogens is 1. The number of β-lactam (4-membered cyclic amide) rings is 1. The number of carbonyl (C=O) groups excluding carboxylic acids is 2. The molecule has 5 rings (SSSR count). The second-order valence-corrected chi connectivity index (χ2v) is 15.6. The zero-order valence-corrected chi connectivity index (χ0v) is 30.8. The Morgan fingerprint density at radius 1 is 1.13 bits per heavy atom. The molecular weight excluding hydrogens is 736 g/mol. The molecule has 0 spiro atoms. The van der Waals surface area contributed by atoms with Gasteiger partial charge in [0.25, 0.3) is 11.8 Å². The van der Waals surface area contributed by atoms with Crippen molar-refractivity contribution >= 4 is 75.4 Å². The van der Waals surface area contributed by atoms with Gasteiger partial charge in [0.05, 0.1) is 19.1 Å². The lowest BCUT2D eigenvalue weighted by Crippen LogP contribution is -2.71. The number of hydrogen-bond donors (Lipinski definition) is 6. The highest BCUT2D eigenvalue weighted by Crippen LogP contribution is 2.41. The number of phenols is 2. The normalized spacial score (nSPS) is 17.9. The first-order valence-corrected chi connectivity index (χ1v) is 17.9. The maximum absolute atomic E-state index is 13.3. The van der Waals surface area contributed by atoms with Crippen molar-refractivity contribution in [2.24, 2.45) is 5.16 Å². The number of quaternary nitrogens is 1. The summed E-state index contributed by atoms with van der Waals surface area (Å²) in [5, 5.41) is 46.4. The van der Waals surface area contributed by atoms with Crippen molar-refractivity contribution < 1.29 is 48.9 Å². The number of thioether (sulfide) groups is 1. The maximum atomic E-state index is 13.3. The van der Waals surface area contributed by atoms with Crippen molar-refractivity contribution in [1.29, 1.82) is 0 Å². The zero-order valence-electron chi connectivity index (χ0n) is 28.4. The molecule has 2 atom stereocenters. The van der Waals surface area contributed by atoms with Crippen molar-refractivity contribution in [2.45, 2.75) is 44.0 Å². The third kappa shape index (κ3) is 8.17. The van der Waals surface area contributed by atoms with Gasteiger partial charge < -0.3 is 40.8 Å². The van der Waals surface area contributed by atoms with Crippen LogP contribution >= 0.6 is 34.7 Å². The van der Waals surface area contributed by atoms with Crippen LogP contribution in [0, 0.1) is 0 Å². The van der Waals surface area contributed by atoms with Crippen LogP contribution in [0.2, 0.25) is 5.02 Å². The number of nitrogens with zero attached hydrogens (tertiary/aromatic N) is 4. The minimum absolute atomic E-state index is 0.00983. The molecule has 1 fully saturated rings. The van der Waals surface area contributed by atoms with Gasteiger partial charge in [-0.15, -0.1) is 23.1 Å². The number of nitrogens with two attached hydrogens (primary N) is 1. The summed E-state index contributed by atoms with van der Waals surface area (Å²) in [5.41, 5.74) is 6.27. The van der Waals surface area contributed by atoms with E-state index in [1.54, 1.807) is 18.2 Å². The van der Waals surface area contributed by atoms with E-state index >= 15 is 0 Å². The Morgan fingerprint density at radius 3 is 2.44 bits per heavy atom. The van der Waals surface area contributed by atoms with Crippen molar-refractivity contribution in [2.75, 3.05) is 25.6 Å². The number of oxime groups is 1. The summed E-state index contributed by atoms with van der Waals surface area (Å²) in [6.45, 7) is 3.60. The summed E-state index contributed by atoms with van der Waals surface area (Å²) in [6, 6.07) is 9.66. The van der Waals surface area contributed by atoms with Crippen LogP contribution in [-0.4, -0.2) is 101 Å². The lowest BCUT2D eigenvalue weighted by molar-refractivity contribution is -0.916. The first-order valence-electron chi connectivity index (χ1n) is 15.6. The van der Waals surface area contributed by atoms with Crippen molar-refractivity contribution in [3.63, 3.8) is 0 Å². The van der Waals surface area contributed by atoms with Gasteiger partial charge in [-0.2, -0.15) is 0 Å². The maximum Gasteiger partial charge on any atom is 0.352 e. The quantitative estimate of drug-likeness (QED) is 0.0482. The Balaban J connectivity index is 1.27. The van der Waals surface area contributed by atoms with E-state index in [-0.39, 0.29) is 38.8 Å². The van der Waals surface area contributed by atoms with Crippen molar-refractivity contribution in [1.82, 2.24) is 15.2 Å². The molecule has 2 aromatic carbocycles. The Kier molecular flexibility index (Phi) is 10.9. The van der Waals surface area contributed by atoms with Gasteiger partial charge in [0.15, 0.2) is 22.3 Å². The number of aromatic nitrogens is 1. The molecule has 7 N–H and O–H groups in total. The molecule has 15 nitrogen and oxygen atoms in total. The number of anilines is 1. The monoisotopic (exact) mass is 771 g/mol. The molecular formula is C34H36ClN6O9S2+. The van der Waals surface area contributed by atoms with Crippen LogP contribution < -0.4 is 11.1 Å². The Bertz CT molecular complexity index is 2030. The Hall–Kier alpha value is -5.10. The number of benzene rings is 2. The molecule has 0 saturated carbocycles. The molecule has 2 aliphatic heterocycles. The van der Waals surface area contributed by atoms with E-state index in [2.05, 4.69) is 15.5 Å². The molecule has 3 heterocycles. The Morgan fingerprint density at radius 2 is 1.83 bits per heavy atom. The minimum atomic E-state index is -1.78. The molecule has 52 heavy (non-hydrogen) atoms. The van der Waals surface area contributed by atoms with Gasteiger partial charge in [-0.05, 0) is 37.1 Å². The van der Waals surface area contributed by atoms with E-state index in [0.717, 1.165) is 27.4 Å². The first-order chi connectivity index (χ1) is 24.4. The summed E-state index contributed by atoms with van der Waals surface area (Å²) in [6.07, 6.45) is 3.41. The van der Waals surface area contributed by atoms with Crippen molar-refractivity contribution in [3.8, 4) is 11.5 Å². The highest BCUT2D eigenvalue weighted by Gasteiger charge is 2.54. The van der Waals surface area contributed by atoms with E-state index in [0.29, 0.717) is 28.7 Å². The van der Waals surface area contributed by atoms with Crippen LogP contribution in [0.4, 0.5) is 5.13 Å². The average molecular weight is 772 g/mol. The molecule has 0 unspecified atom stereocenters. The van der Waals surface area contributed by atoms with E-state index in [1.165, 1.54) is 37.1 Å². The van der Waals surface area contributed by atoms with Gasteiger partial charge in [0.1, 0.15) is 35.9 Å². The first kappa shape index (κ1) is 38.1. The number of nitrogen functional groups attached to an aromatic ring is 1. The number of hydrogen-bond acceptors (Lipinski definition) is 12. The lowest BCUT2D eigenvalue weighted by Gasteiger charge is -2.49. The molecule has 18 heteroatoms. The third-order valence-electron chi connectivity index (χ3n) is 8.19. The number of nitrogens with one attached hydrogen (secondary N) is 1. The van der Waals surface area contributed by atoms with Crippen LogP contribution in [0.1, 0.15) is 36.2 Å². The number of allylic oxidation sites excluding steroid dienone is 1. The number of carboxylic acids is 2. The van der Waals surface area contributed by atoms with Gasteiger partial charge in [-0.1, -0.05) is 53.2 Å². The number of aromatic hydroxyl groups is 2. The van der Waals surface area contributed by atoms with Crippen LogP contribution in [0.25, 0.3) is 6.08 Å². The molecule has 0 bridgehead atoms. The molecule has 2 aliphatic rings. The number of phenolic OH excluding ortho intramolecular Hbond substituents is 2. The third-order valence-corrected chi connectivity index (χ3v) is 10.6. The van der Waals surface area contributed by atoms with Gasteiger partial charge >= 0.3 is 11.9 Å². The number of carboxylic acid groups (broad SMARTS) is 2. The highest BCUT2D eigenvalue weighted by atomic mass is 35.5. The standard InChI is InChI=1S/C34H35ClN6O9S2/c1-34(2,32(48)49)50-39-24(21-16-52-33(36)37-21)28(44)38-25-29(45)40-26(31(46)47)20(15-51-30(25)40)10-9-17-5-7-18(8-6-17)13-41(3,4)14-19-11-12-22(42)27(43)23(19)35/h5-12,16,25,30H,13-15H2,1-4H3,(H6-,36,37,38,39,42,43,44,46,47,48,49)/p+1/b10-9-/t25-,30-/m1/s1. The topological polar surface area (TPSA) is 225 Å². The van der Waals surface area contributed by atoms with Crippen LogP contribution in [-0.2, 0) is 37.1 Å². The summed E-state index contributed by atoms with van der Waals surface area (Å²) in [7, 11) is 4.02. The lowest BCUT2D eigenvalue weighted by atomic mass is 10.0. The Labute approximate surface area is 311 Å². The fourth-order valence-electron chi connectivity index (χ4n) is 5.44. The summed E-state index contributed by atoms with van der Waals surface area (Å²) >= 11 is 8.53. The van der Waals surface area contributed by atoms with Gasteiger partial charge in [-0.25, -0.2) is 14.6 Å². The molecule has 0 radical (unpaired) electrons. The molecule has 1 saturated heterocycles. The molecule has 2 amide bonds. The van der Waals surface area contributed by atoms with Gasteiger partial charge in [0, 0.05) is 22.3 Å². The second kappa shape index (κ2) is 14.9. The number of carbonyl (C=O) groups is 4. The fraction of sp³-hybridized carbons (Fsp3) is 0.294. The average Bonchev–Trinajstić information content (AvgIpc) is 3.51.